The minimum atomic E-state index is 0.0487. The first-order valence-electron chi connectivity index (χ1n) is 8.69. The number of ether oxygens (including phenoxy) is 1. The third-order valence-corrected chi connectivity index (χ3v) is 5.59. The summed E-state index contributed by atoms with van der Waals surface area (Å²) in [6, 6.07) is 0.850. The van der Waals surface area contributed by atoms with Crippen molar-refractivity contribution in [3.05, 3.63) is 0 Å². The van der Waals surface area contributed by atoms with Gasteiger partial charge in [-0.3, -0.25) is 0 Å². The van der Waals surface area contributed by atoms with E-state index in [0.29, 0.717) is 12.5 Å². The predicted molar refractivity (Wildman–Crippen MR) is 76.5 cm³/mol. The second-order valence-corrected chi connectivity index (χ2v) is 6.92. The number of carbonyl (C=O) groups is 1. The molecule has 3 aliphatic rings. The molecular weight excluding hydrogens is 252 g/mol. The number of nitrogens with two attached hydrogens (primary N) is 1. The Hall–Kier alpha value is -0.610. The van der Waals surface area contributed by atoms with E-state index < -0.39 is 0 Å². The topological polar surface area (TPSA) is 47.4 Å². The molecule has 3 aliphatic heterocycles. The summed E-state index contributed by atoms with van der Waals surface area (Å²) < 4.78 is 5.69. The van der Waals surface area contributed by atoms with Crippen molar-refractivity contribution in [2.45, 2.75) is 63.5 Å². The van der Waals surface area contributed by atoms with Gasteiger partial charge in [0.05, 0.1) is 25.7 Å². The highest BCUT2D eigenvalue weighted by Crippen LogP contribution is 2.20. The van der Waals surface area contributed by atoms with Gasteiger partial charge in [-0.05, 0) is 44.9 Å². The summed E-state index contributed by atoms with van der Waals surface area (Å²) in [7, 11) is 0. The van der Waals surface area contributed by atoms with Gasteiger partial charge in [0.25, 0.3) is 0 Å². The Bertz CT molecular complexity index is 326. The molecule has 0 aromatic carbocycles. The number of esters is 1. The number of carbonyl (C=O) groups excluding carboxylic acids is 1. The third kappa shape index (κ3) is 3.34. The lowest BCUT2D eigenvalue weighted by atomic mass is 9.84. The maximum absolute atomic E-state index is 12.1. The van der Waals surface area contributed by atoms with Crippen molar-refractivity contribution in [1.29, 1.82) is 0 Å². The average molecular weight is 282 g/mol. The van der Waals surface area contributed by atoms with E-state index in [1.165, 1.54) is 58.0 Å². The lowest BCUT2D eigenvalue weighted by Gasteiger charge is -2.41. The molecule has 3 heterocycles. The molecule has 3 saturated heterocycles. The molecule has 4 heteroatoms. The molecule has 114 valence electrons. The summed E-state index contributed by atoms with van der Waals surface area (Å²) in [6.07, 6.45) is 10.1. The van der Waals surface area contributed by atoms with Gasteiger partial charge in [-0.2, -0.15) is 0 Å². The molecular formula is C16H30N2O2+2. The van der Waals surface area contributed by atoms with Crippen LogP contribution in [-0.2, 0) is 9.53 Å². The lowest BCUT2D eigenvalue weighted by Crippen LogP contribution is -3.18. The first kappa shape index (κ1) is 14.3. The fourth-order valence-corrected chi connectivity index (χ4v) is 4.43. The van der Waals surface area contributed by atoms with Crippen LogP contribution >= 0.6 is 0 Å². The fraction of sp³-hybridized carbons (Fsp3) is 0.938. The zero-order chi connectivity index (χ0) is 13.8. The summed E-state index contributed by atoms with van der Waals surface area (Å²) in [5.74, 6) is 0.666. The van der Waals surface area contributed by atoms with Crippen molar-refractivity contribution in [2.24, 2.45) is 5.92 Å². The molecule has 3 N–H and O–H groups in total. The van der Waals surface area contributed by atoms with Crippen LogP contribution in [0, 0.1) is 5.92 Å². The smallest absolute Gasteiger partial charge is 0.364 e. The number of nitrogens with one attached hydrogen (secondary N) is 1. The predicted octanol–water partition coefficient (Wildman–Crippen LogP) is -0.507. The van der Waals surface area contributed by atoms with E-state index in [2.05, 4.69) is 5.32 Å². The van der Waals surface area contributed by atoms with Gasteiger partial charge < -0.3 is 15.0 Å². The molecule has 3 rings (SSSR count). The summed E-state index contributed by atoms with van der Waals surface area (Å²) >= 11 is 0. The maximum Gasteiger partial charge on any atom is 0.364 e. The van der Waals surface area contributed by atoms with Crippen molar-refractivity contribution in [3.63, 3.8) is 0 Å². The summed E-state index contributed by atoms with van der Waals surface area (Å²) in [6.45, 7) is 4.44. The largest absolute Gasteiger partial charge is 0.461 e. The molecule has 1 unspecified atom stereocenters. The fourth-order valence-electron chi connectivity index (χ4n) is 4.43. The molecule has 0 aromatic rings. The number of rotatable bonds is 3. The molecule has 0 aliphatic carbocycles. The second-order valence-electron chi connectivity index (χ2n) is 6.92. The molecule has 4 nitrogen and oxygen atoms in total. The number of piperidine rings is 3. The minimum absolute atomic E-state index is 0.0487. The first-order chi connectivity index (χ1) is 9.84. The standard InChI is InChI=1S/C16H28N2O2/c19-16(14-7-1-3-9-17-14)20-12-13-6-5-11-18-10-4-2-8-15(13)18/h13-15,17H,1-12H2/p+2/t13-,14+,15+/m1/s1. The van der Waals surface area contributed by atoms with E-state index in [1.54, 1.807) is 4.90 Å². The lowest BCUT2D eigenvalue weighted by molar-refractivity contribution is -0.940. The van der Waals surface area contributed by atoms with E-state index in [0.717, 1.165) is 19.0 Å². The van der Waals surface area contributed by atoms with Gasteiger partial charge in [0.1, 0.15) is 6.61 Å². The van der Waals surface area contributed by atoms with E-state index >= 15 is 0 Å². The van der Waals surface area contributed by atoms with Crippen LogP contribution in [-0.4, -0.2) is 44.3 Å². The Kier molecular flexibility index (Phi) is 4.94. The van der Waals surface area contributed by atoms with Crippen LogP contribution in [0.5, 0.6) is 0 Å². The van der Waals surface area contributed by atoms with Crippen LogP contribution in [0.3, 0.4) is 0 Å². The van der Waals surface area contributed by atoms with Crippen molar-refractivity contribution in [2.75, 3.05) is 26.2 Å². The van der Waals surface area contributed by atoms with Crippen molar-refractivity contribution >= 4 is 5.97 Å². The van der Waals surface area contributed by atoms with Crippen LogP contribution in [0.4, 0.5) is 0 Å². The molecule has 4 atom stereocenters. The highest BCUT2D eigenvalue weighted by atomic mass is 16.5. The Labute approximate surface area is 122 Å². The quantitative estimate of drug-likeness (QED) is 0.685. The molecule has 0 bridgehead atoms. The Morgan fingerprint density at radius 2 is 1.90 bits per heavy atom. The van der Waals surface area contributed by atoms with Crippen molar-refractivity contribution in [3.8, 4) is 0 Å². The number of hydrogen-bond acceptors (Lipinski definition) is 2. The molecule has 20 heavy (non-hydrogen) atoms. The Morgan fingerprint density at radius 3 is 2.75 bits per heavy atom. The van der Waals surface area contributed by atoms with E-state index in [9.17, 15) is 4.79 Å². The third-order valence-electron chi connectivity index (χ3n) is 5.59. The zero-order valence-corrected chi connectivity index (χ0v) is 12.6. The van der Waals surface area contributed by atoms with Crippen LogP contribution in [0.25, 0.3) is 0 Å². The Morgan fingerprint density at radius 1 is 1.05 bits per heavy atom. The van der Waals surface area contributed by atoms with Gasteiger partial charge in [-0.15, -0.1) is 0 Å². The van der Waals surface area contributed by atoms with Gasteiger partial charge in [0.2, 0.25) is 0 Å². The van der Waals surface area contributed by atoms with Crippen LogP contribution in [0.2, 0.25) is 0 Å². The van der Waals surface area contributed by atoms with Crippen molar-refractivity contribution in [1.82, 2.24) is 0 Å². The summed E-state index contributed by atoms with van der Waals surface area (Å²) in [4.78, 5) is 13.9. The highest BCUT2D eigenvalue weighted by Gasteiger charge is 2.37. The molecule has 0 spiro atoms. The van der Waals surface area contributed by atoms with Crippen LogP contribution < -0.4 is 10.2 Å². The summed E-state index contributed by atoms with van der Waals surface area (Å²) in [5, 5.41) is 2.17. The molecule has 3 fully saturated rings. The SMILES string of the molecule is O=C(OC[C@H]1CCC[NH+]2CCCC[C@@H]12)[C@@H]1CCCC[NH2+]1. The maximum atomic E-state index is 12.1. The van der Waals surface area contributed by atoms with Crippen LogP contribution in [0.1, 0.15) is 51.4 Å². The Balaban J connectivity index is 1.48. The minimum Gasteiger partial charge on any atom is -0.461 e. The monoisotopic (exact) mass is 282 g/mol. The summed E-state index contributed by atoms with van der Waals surface area (Å²) in [5.41, 5.74) is 0. The number of hydrogen-bond donors (Lipinski definition) is 2. The van der Waals surface area contributed by atoms with Gasteiger partial charge in [-0.25, -0.2) is 4.79 Å². The van der Waals surface area contributed by atoms with Gasteiger partial charge in [-0.1, -0.05) is 0 Å². The van der Waals surface area contributed by atoms with E-state index in [4.69, 9.17) is 4.74 Å². The van der Waals surface area contributed by atoms with Crippen molar-refractivity contribution < 1.29 is 19.7 Å². The highest BCUT2D eigenvalue weighted by molar-refractivity contribution is 5.74. The number of quaternary nitrogens is 2. The molecule has 0 saturated carbocycles. The molecule has 0 radical (unpaired) electrons. The van der Waals surface area contributed by atoms with Gasteiger partial charge in [0.15, 0.2) is 6.04 Å². The van der Waals surface area contributed by atoms with Gasteiger partial charge in [0, 0.05) is 12.3 Å². The average Bonchev–Trinajstić information content (AvgIpc) is 2.53. The van der Waals surface area contributed by atoms with Gasteiger partial charge >= 0.3 is 5.97 Å². The second kappa shape index (κ2) is 6.90. The molecule has 0 amide bonds. The zero-order valence-electron chi connectivity index (χ0n) is 12.6. The van der Waals surface area contributed by atoms with Crippen LogP contribution in [0.15, 0.2) is 0 Å². The molecule has 0 aromatic heterocycles. The first-order valence-corrected chi connectivity index (χ1v) is 8.69. The number of fused-ring (bicyclic) bond motifs is 1. The van der Waals surface area contributed by atoms with E-state index in [-0.39, 0.29) is 12.0 Å². The normalized spacial score (nSPS) is 38.0. The van der Waals surface area contributed by atoms with E-state index in [1.807, 2.05) is 0 Å².